The summed E-state index contributed by atoms with van der Waals surface area (Å²) in [4.78, 5) is 0. The van der Waals surface area contributed by atoms with Crippen LogP contribution in [0.3, 0.4) is 0 Å². The summed E-state index contributed by atoms with van der Waals surface area (Å²) in [5, 5.41) is 9.19. The maximum absolute atomic E-state index is 9.19. The molecule has 1 atom stereocenters. The number of benzene rings is 1. The smallest absolute Gasteiger partial charge is 0.119 e. The highest BCUT2D eigenvalue weighted by Gasteiger charge is 2.00. The molecular weight excluding hydrogens is 164 g/mol. The summed E-state index contributed by atoms with van der Waals surface area (Å²) >= 11 is 0. The Kier molecular flexibility index (Phi) is 4.33. The van der Waals surface area contributed by atoms with E-state index in [0.717, 1.165) is 5.75 Å². The third-order valence-electron chi connectivity index (χ3n) is 1.80. The zero-order valence-corrected chi connectivity index (χ0v) is 7.65. The molecule has 0 saturated heterocycles. The molecule has 2 heteroatoms. The summed E-state index contributed by atoms with van der Waals surface area (Å²) in [6.45, 7) is 4.15. The zero-order valence-electron chi connectivity index (χ0n) is 7.65. The third kappa shape index (κ3) is 3.95. The lowest BCUT2D eigenvalue weighted by Gasteiger charge is -2.08. The molecule has 0 spiro atoms. The van der Waals surface area contributed by atoms with E-state index >= 15 is 0 Å². The molecular formula is C11H15O2. The number of rotatable bonds is 5. The standard InChI is InChI=1S/C11H15O2/c1-2-10(12)8-9-13-11-6-4-3-5-7-11/h3-7,10,12H,1-2,8-9H2/t10-/m0/s1. The normalized spacial score (nSPS) is 12.5. The minimum Gasteiger partial charge on any atom is -0.493 e. The van der Waals surface area contributed by atoms with E-state index in [1.54, 1.807) is 0 Å². The molecule has 0 bridgehead atoms. The van der Waals surface area contributed by atoms with Crippen LogP contribution in [0, 0.1) is 6.92 Å². The van der Waals surface area contributed by atoms with Gasteiger partial charge in [0.1, 0.15) is 5.75 Å². The van der Waals surface area contributed by atoms with Crippen LogP contribution in [0.25, 0.3) is 0 Å². The van der Waals surface area contributed by atoms with Crippen molar-refractivity contribution in [2.24, 2.45) is 0 Å². The first kappa shape index (κ1) is 10.1. The molecule has 0 amide bonds. The highest BCUT2D eigenvalue weighted by molar-refractivity contribution is 5.20. The second kappa shape index (κ2) is 5.60. The molecule has 1 N–H and O–H groups in total. The molecule has 0 aliphatic rings. The highest BCUT2D eigenvalue weighted by atomic mass is 16.5. The van der Waals surface area contributed by atoms with E-state index in [1.165, 1.54) is 0 Å². The van der Waals surface area contributed by atoms with Crippen LogP contribution in [0.2, 0.25) is 0 Å². The van der Waals surface area contributed by atoms with Gasteiger partial charge in [-0.25, -0.2) is 0 Å². The van der Waals surface area contributed by atoms with E-state index in [9.17, 15) is 5.11 Å². The van der Waals surface area contributed by atoms with Crippen molar-refractivity contribution in [1.29, 1.82) is 0 Å². The quantitative estimate of drug-likeness (QED) is 0.749. The summed E-state index contributed by atoms with van der Waals surface area (Å²) in [5.74, 6) is 0.846. The van der Waals surface area contributed by atoms with Crippen LogP contribution < -0.4 is 4.74 Å². The van der Waals surface area contributed by atoms with Gasteiger partial charge in [0.25, 0.3) is 0 Å². The van der Waals surface area contributed by atoms with E-state index in [4.69, 9.17) is 4.74 Å². The van der Waals surface area contributed by atoms with Crippen LogP contribution in [-0.2, 0) is 0 Å². The molecule has 1 aromatic carbocycles. The van der Waals surface area contributed by atoms with Crippen LogP contribution in [-0.4, -0.2) is 17.8 Å². The average molecular weight is 179 g/mol. The van der Waals surface area contributed by atoms with Crippen molar-refractivity contribution in [3.05, 3.63) is 37.3 Å². The summed E-state index contributed by atoms with van der Waals surface area (Å²) in [7, 11) is 0. The molecule has 1 aromatic rings. The molecule has 0 saturated carbocycles. The van der Waals surface area contributed by atoms with Gasteiger partial charge < -0.3 is 9.84 Å². The summed E-state index contributed by atoms with van der Waals surface area (Å²) in [6, 6.07) is 9.59. The molecule has 71 valence electrons. The molecule has 1 radical (unpaired) electrons. The second-order valence-corrected chi connectivity index (χ2v) is 2.89. The summed E-state index contributed by atoms with van der Waals surface area (Å²) in [5.41, 5.74) is 0. The minimum absolute atomic E-state index is 0.344. The Morgan fingerprint density at radius 2 is 2.00 bits per heavy atom. The molecule has 0 unspecified atom stereocenters. The molecule has 0 heterocycles. The van der Waals surface area contributed by atoms with Gasteiger partial charge in [-0.05, 0) is 18.6 Å². The highest BCUT2D eigenvalue weighted by Crippen LogP contribution is 2.09. The first-order chi connectivity index (χ1) is 6.33. The first-order valence-electron chi connectivity index (χ1n) is 4.48. The fraction of sp³-hybridized carbons (Fsp3) is 0.364. The van der Waals surface area contributed by atoms with Gasteiger partial charge in [-0.2, -0.15) is 0 Å². The van der Waals surface area contributed by atoms with Crippen molar-refractivity contribution in [3.8, 4) is 5.75 Å². The van der Waals surface area contributed by atoms with E-state index in [2.05, 4.69) is 6.92 Å². The molecule has 13 heavy (non-hydrogen) atoms. The van der Waals surface area contributed by atoms with Crippen LogP contribution in [0.1, 0.15) is 12.8 Å². The Bertz CT molecular complexity index is 221. The second-order valence-electron chi connectivity index (χ2n) is 2.89. The van der Waals surface area contributed by atoms with Crippen molar-refractivity contribution < 1.29 is 9.84 Å². The number of aliphatic hydroxyl groups is 1. The molecule has 0 aromatic heterocycles. The van der Waals surface area contributed by atoms with Crippen LogP contribution in [0.4, 0.5) is 0 Å². The number of ether oxygens (including phenoxy) is 1. The maximum atomic E-state index is 9.19. The molecule has 2 nitrogen and oxygen atoms in total. The lowest BCUT2D eigenvalue weighted by molar-refractivity contribution is 0.141. The maximum Gasteiger partial charge on any atom is 0.119 e. The Balaban J connectivity index is 2.20. The topological polar surface area (TPSA) is 29.5 Å². The van der Waals surface area contributed by atoms with Crippen molar-refractivity contribution in [2.75, 3.05) is 6.61 Å². The average Bonchev–Trinajstić information content (AvgIpc) is 2.19. The van der Waals surface area contributed by atoms with Gasteiger partial charge in [-0.1, -0.05) is 25.1 Å². The number of hydrogen-bond donors (Lipinski definition) is 1. The SMILES string of the molecule is [CH2]C[C@H](O)CCOc1ccccc1. The third-order valence-corrected chi connectivity index (χ3v) is 1.80. The summed E-state index contributed by atoms with van der Waals surface area (Å²) < 4.78 is 5.39. The van der Waals surface area contributed by atoms with Gasteiger partial charge in [-0.3, -0.25) is 0 Å². The molecule has 1 rings (SSSR count). The van der Waals surface area contributed by atoms with Gasteiger partial charge in [0.05, 0.1) is 12.7 Å². The predicted octanol–water partition coefficient (Wildman–Crippen LogP) is 2.04. The van der Waals surface area contributed by atoms with Gasteiger partial charge in [0.15, 0.2) is 0 Å². The van der Waals surface area contributed by atoms with Gasteiger partial charge in [0.2, 0.25) is 0 Å². The van der Waals surface area contributed by atoms with Crippen molar-refractivity contribution in [3.63, 3.8) is 0 Å². The van der Waals surface area contributed by atoms with E-state index in [0.29, 0.717) is 19.4 Å². The Morgan fingerprint density at radius 1 is 1.31 bits per heavy atom. The molecule has 0 aliphatic carbocycles. The van der Waals surface area contributed by atoms with Gasteiger partial charge in [0, 0.05) is 6.42 Å². The minimum atomic E-state index is -0.344. The largest absolute Gasteiger partial charge is 0.493 e. The molecule has 0 fully saturated rings. The Morgan fingerprint density at radius 3 is 2.62 bits per heavy atom. The zero-order chi connectivity index (χ0) is 9.52. The lowest BCUT2D eigenvalue weighted by Crippen LogP contribution is -2.10. The van der Waals surface area contributed by atoms with E-state index in [1.807, 2.05) is 30.3 Å². The van der Waals surface area contributed by atoms with Crippen LogP contribution >= 0.6 is 0 Å². The van der Waals surface area contributed by atoms with Gasteiger partial charge in [-0.15, -0.1) is 0 Å². The van der Waals surface area contributed by atoms with Crippen molar-refractivity contribution in [2.45, 2.75) is 18.9 Å². The molecule has 0 aliphatic heterocycles. The fourth-order valence-corrected chi connectivity index (χ4v) is 0.974. The Hall–Kier alpha value is -1.02. The van der Waals surface area contributed by atoms with Gasteiger partial charge >= 0.3 is 0 Å². The number of aliphatic hydroxyl groups excluding tert-OH is 1. The monoisotopic (exact) mass is 179 g/mol. The van der Waals surface area contributed by atoms with Crippen LogP contribution in [0.15, 0.2) is 30.3 Å². The first-order valence-corrected chi connectivity index (χ1v) is 4.48. The van der Waals surface area contributed by atoms with Crippen molar-refractivity contribution >= 4 is 0 Å². The van der Waals surface area contributed by atoms with Crippen LogP contribution in [0.5, 0.6) is 5.75 Å². The lowest BCUT2D eigenvalue weighted by atomic mass is 10.2. The fourth-order valence-electron chi connectivity index (χ4n) is 0.974. The number of para-hydroxylation sites is 1. The number of hydrogen-bond acceptors (Lipinski definition) is 2. The Labute approximate surface area is 79.2 Å². The van der Waals surface area contributed by atoms with E-state index in [-0.39, 0.29) is 6.10 Å². The van der Waals surface area contributed by atoms with Crippen molar-refractivity contribution in [1.82, 2.24) is 0 Å². The van der Waals surface area contributed by atoms with E-state index < -0.39 is 0 Å². The predicted molar refractivity (Wildman–Crippen MR) is 52.5 cm³/mol. The summed E-state index contributed by atoms with van der Waals surface area (Å²) in [6.07, 6.45) is 0.833.